The van der Waals surface area contributed by atoms with Crippen molar-refractivity contribution in [1.29, 1.82) is 0 Å². The molecule has 3 aromatic rings. The van der Waals surface area contributed by atoms with Gasteiger partial charge in [0.1, 0.15) is 5.82 Å². The average Bonchev–Trinajstić information content (AvgIpc) is 3.17. The fraction of sp³-hybridized carbons (Fsp3) is 0.222. The van der Waals surface area contributed by atoms with E-state index in [0.29, 0.717) is 22.6 Å². The average molecular weight is 360 g/mol. The first-order valence-electron chi connectivity index (χ1n) is 7.51. The molecule has 0 unspecified atom stereocenters. The molecule has 0 amide bonds. The lowest BCUT2D eigenvalue weighted by molar-refractivity contribution is 0.102. The molecule has 2 heterocycles. The third-order valence-corrected chi connectivity index (χ3v) is 5.53. The topological polar surface area (TPSA) is 34.9 Å². The number of rotatable bonds is 6. The van der Waals surface area contributed by atoms with E-state index in [1.807, 2.05) is 35.9 Å². The third kappa shape index (κ3) is 3.44. The summed E-state index contributed by atoms with van der Waals surface area (Å²) >= 11 is 2.97. The van der Waals surface area contributed by atoms with Gasteiger partial charge in [0.05, 0.1) is 5.75 Å². The first kappa shape index (κ1) is 16.9. The summed E-state index contributed by atoms with van der Waals surface area (Å²) in [6, 6.07) is 8.58. The van der Waals surface area contributed by atoms with Gasteiger partial charge >= 0.3 is 0 Å². The molecule has 6 heteroatoms. The van der Waals surface area contributed by atoms with Crippen LogP contribution >= 0.6 is 23.1 Å². The van der Waals surface area contributed by atoms with Crippen molar-refractivity contribution >= 4 is 28.9 Å². The molecule has 0 spiro atoms. The Labute approximate surface area is 148 Å². The predicted octanol–water partition coefficient (Wildman–Crippen LogP) is 4.81. The van der Waals surface area contributed by atoms with Crippen LogP contribution < -0.4 is 0 Å². The minimum Gasteiger partial charge on any atom is -0.294 e. The molecule has 0 atom stereocenters. The van der Waals surface area contributed by atoms with Crippen molar-refractivity contribution in [2.45, 2.75) is 19.6 Å². The SMILES string of the molecule is Cc1cc(C(=O)CSCc2ccccc2F)c(C)n1-c1nccs1. The molecule has 24 heavy (non-hydrogen) atoms. The zero-order chi connectivity index (χ0) is 17.1. The Morgan fingerprint density at radius 2 is 2.12 bits per heavy atom. The van der Waals surface area contributed by atoms with E-state index >= 15 is 0 Å². The van der Waals surface area contributed by atoms with Gasteiger partial charge in [0.15, 0.2) is 10.9 Å². The summed E-state index contributed by atoms with van der Waals surface area (Å²) in [5.41, 5.74) is 3.23. The predicted molar refractivity (Wildman–Crippen MR) is 97.8 cm³/mol. The number of ketones is 1. The monoisotopic (exact) mass is 360 g/mol. The van der Waals surface area contributed by atoms with Crippen LogP contribution in [0.5, 0.6) is 0 Å². The lowest BCUT2D eigenvalue weighted by Crippen LogP contribution is -2.06. The van der Waals surface area contributed by atoms with Crippen LogP contribution in [0.2, 0.25) is 0 Å². The Balaban J connectivity index is 1.70. The molecule has 0 radical (unpaired) electrons. The largest absolute Gasteiger partial charge is 0.294 e. The number of thiazole rings is 1. The molecule has 0 fully saturated rings. The van der Waals surface area contributed by atoms with E-state index in [1.165, 1.54) is 29.2 Å². The number of hydrogen-bond donors (Lipinski definition) is 0. The van der Waals surface area contributed by atoms with Gasteiger partial charge in [-0.2, -0.15) is 0 Å². The first-order chi connectivity index (χ1) is 11.6. The van der Waals surface area contributed by atoms with Gasteiger partial charge in [-0.3, -0.25) is 9.36 Å². The fourth-order valence-corrected chi connectivity index (χ4v) is 4.26. The van der Waals surface area contributed by atoms with Crippen molar-refractivity contribution in [2.24, 2.45) is 0 Å². The number of carbonyl (C=O) groups is 1. The van der Waals surface area contributed by atoms with Gasteiger partial charge in [0.25, 0.3) is 0 Å². The fourth-order valence-electron chi connectivity index (χ4n) is 2.61. The van der Waals surface area contributed by atoms with Gasteiger partial charge in [0.2, 0.25) is 0 Å². The maximum Gasteiger partial charge on any atom is 0.193 e. The molecule has 0 saturated carbocycles. The Bertz CT molecular complexity index is 856. The van der Waals surface area contributed by atoms with E-state index in [9.17, 15) is 9.18 Å². The molecule has 0 saturated heterocycles. The van der Waals surface area contributed by atoms with Crippen molar-refractivity contribution in [3.8, 4) is 5.13 Å². The van der Waals surface area contributed by atoms with Crippen LogP contribution in [0.3, 0.4) is 0 Å². The van der Waals surface area contributed by atoms with E-state index in [-0.39, 0.29) is 11.6 Å². The number of Topliss-reactive ketones (excluding diaryl/α,β-unsaturated/α-hetero) is 1. The molecule has 0 aliphatic heterocycles. The van der Waals surface area contributed by atoms with E-state index < -0.39 is 0 Å². The Kier molecular flexibility index (Phi) is 5.16. The highest BCUT2D eigenvalue weighted by molar-refractivity contribution is 7.99. The molecule has 124 valence electrons. The van der Waals surface area contributed by atoms with Gasteiger partial charge in [-0.1, -0.05) is 18.2 Å². The minimum atomic E-state index is -0.223. The Hall–Kier alpha value is -1.92. The minimum absolute atomic E-state index is 0.0623. The van der Waals surface area contributed by atoms with Crippen LogP contribution in [-0.4, -0.2) is 21.1 Å². The van der Waals surface area contributed by atoms with Crippen LogP contribution in [0.25, 0.3) is 5.13 Å². The lowest BCUT2D eigenvalue weighted by Gasteiger charge is -2.06. The van der Waals surface area contributed by atoms with E-state index in [4.69, 9.17) is 0 Å². The maximum atomic E-state index is 13.6. The van der Waals surface area contributed by atoms with Crippen LogP contribution in [-0.2, 0) is 5.75 Å². The molecule has 3 nitrogen and oxygen atoms in total. The number of thioether (sulfide) groups is 1. The van der Waals surface area contributed by atoms with E-state index in [0.717, 1.165) is 16.5 Å². The molecule has 0 bridgehead atoms. The number of carbonyl (C=O) groups excluding carboxylic acids is 1. The quantitative estimate of drug-likeness (QED) is 0.592. The van der Waals surface area contributed by atoms with E-state index in [1.54, 1.807) is 18.3 Å². The van der Waals surface area contributed by atoms with Crippen molar-refractivity contribution in [3.63, 3.8) is 0 Å². The zero-order valence-corrected chi connectivity index (χ0v) is 15.1. The summed E-state index contributed by atoms with van der Waals surface area (Å²) in [5.74, 6) is 0.659. The van der Waals surface area contributed by atoms with E-state index in [2.05, 4.69) is 4.98 Å². The highest BCUT2D eigenvalue weighted by Crippen LogP contribution is 2.24. The standard InChI is InChI=1S/C18H17FN2OS2/c1-12-9-15(13(2)21(12)18-20-7-8-24-18)17(22)11-23-10-14-5-3-4-6-16(14)19/h3-9H,10-11H2,1-2H3. The Morgan fingerprint density at radius 1 is 1.33 bits per heavy atom. The number of hydrogen-bond acceptors (Lipinski definition) is 4. The summed E-state index contributed by atoms with van der Waals surface area (Å²) in [6.07, 6.45) is 1.75. The molecular formula is C18H17FN2OS2. The molecule has 3 rings (SSSR count). The second-order valence-electron chi connectivity index (χ2n) is 5.44. The normalized spacial score (nSPS) is 11.0. The van der Waals surface area contributed by atoms with Gasteiger partial charge in [0, 0.05) is 34.3 Å². The Morgan fingerprint density at radius 3 is 2.83 bits per heavy atom. The summed E-state index contributed by atoms with van der Waals surface area (Å²) in [7, 11) is 0. The summed E-state index contributed by atoms with van der Waals surface area (Å²) in [4.78, 5) is 16.8. The van der Waals surface area contributed by atoms with Crippen molar-refractivity contribution in [3.05, 3.63) is 70.2 Å². The smallest absolute Gasteiger partial charge is 0.193 e. The summed E-state index contributed by atoms with van der Waals surface area (Å²) < 4.78 is 15.6. The second kappa shape index (κ2) is 7.32. The number of nitrogens with zero attached hydrogens (tertiary/aromatic N) is 2. The van der Waals surface area contributed by atoms with Gasteiger partial charge in [-0.25, -0.2) is 9.37 Å². The number of benzene rings is 1. The highest BCUT2D eigenvalue weighted by atomic mass is 32.2. The number of aryl methyl sites for hydroxylation is 1. The van der Waals surface area contributed by atoms with Gasteiger partial charge in [-0.15, -0.1) is 23.1 Å². The maximum absolute atomic E-state index is 13.6. The summed E-state index contributed by atoms with van der Waals surface area (Å²) in [6.45, 7) is 3.90. The van der Waals surface area contributed by atoms with Crippen molar-refractivity contribution in [1.82, 2.24) is 9.55 Å². The molecule has 1 aromatic carbocycles. The van der Waals surface area contributed by atoms with Crippen LogP contribution in [0.1, 0.15) is 27.3 Å². The summed E-state index contributed by atoms with van der Waals surface area (Å²) in [5, 5.41) is 2.78. The number of aromatic nitrogens is 2. The number of halogens is 1. The molecular weight excluding hydrogens is 343 g/mol. The lowest BCUT2D eigenvalue weighted by atomic mass is 10.2. The van der Waals surface area contributed by atoms with Crippen molar-refractivity contribution < 1.29 is 9.18 Å². The van der Waals surface area contributed by atoms with Crippen molar-refractivity contribution in [2.75, 3.05) is 5.75 Å². The van der Waals surface area contributed by atoms with Gasteiger partial charge < -0.3 is 0 Å². The molecule has 2 aromatic heterocycles. The molecule has 0 aliphatic carbocycles. The zero-order valence-electron chi connectivity index (χ0n) is 13.5. The third-order valence-electron chi connectivity index (χ3n) is 3.79. The molecule has 0 N–H and O–H groups in total. The van der Waals surface area contributed by atoms with Crippen LogP contribution in [0, 0.1) is 19.7 Å². The second-order valence-corrected chi connectivity index (χ2v) is 7.30. The molecule has 0 aliphatic rings. The van der Waals surface area contributed by atoms with Crippen LogP contribution in [0.15, 0.2) is 41.9 Å². The van der Waals surface area contributed by atoms with Crippen LogP contribution in [0.4, 0.5) is 4.39 Å². The highest BCUT2D eigenvalue weighted by Gasteiger charge is 2.17. The van der Waals surface area contributed by atoms with Gasteiger partial charge in [-0.05, 0) is 31.5 Å². The first-order valence-corrected chi connectivity index (χ1v) is 9.54.